The van der Waals surface area contributed by atoms with E-state index in [1.807, 2.05) is 25.1 Å². The zero-order valence-corrected chi connectivity index (χ0v) is 21.3. The Morgan fingerprint density at radius 3 is 1.76 bits per heavy atom. The van der Waals surface area contributed by atoms with E-state index >= 15 is 0 Å². The SMILES string of the molecule is C[C@H](C=O)[C@H](/C=C/CCc1ccccc1)O[Si](c1ccccc1)(c1ccccc1)C(C)(C)C. The number of rotatable bonds is 10. The topological polar surface area (TPSA) is 26.3 Å². The van der Waals surface area contributed by atoms with Gasteiger partial charge in [0.05, 0.1) is 6.10 Å². The second-order valence-electron chi connectivity index (χ2n) is 9.69. The largest absolute Gasteiger partial charge is 0.400 e. The van der Waals surface area contributed by atoms with E-state index < -0.39 is 8.32 Å². The first kappa shape index (κ1) is 24.9. The summed E-state index contributed by atoms with van der Waals surface area (Å²) in [6.07, 6.45) is 6.90. The van der Waals surface area contributed by atoms with Crippen molar-refractivity contribution in [3.63, 3.8) is 0 Å². The first-order valence-electron chi connectivity index (χ1n) is 11.8. The minimum Gasteiger partial charge on any atom is -0.400 e. The van der Waals surface area contributed by atoms with Crippen LogP contribution in [-0.2, 0) is 15.6 Å². The summed E-state index contributed by atoms with van der Waals surface area (Å²) in [5.74, 6) is -0.236. The van der Waals surface area contributed by atoms with Gasteiger partial charge in [0.2, 0.25) is 0 Å². The average Bonchev–Trinajstić information content (AvgIpc) is 2.84. The molecule has 2 nitrogen and oxygen atoms in total. The molecule has 0 radical (unpaired) electrons. The number of hydrogen-bond acceptors (Lipinski definition) is 2. The maximum Gasteiger partial charge on any atom is 0.261 e. The lowest BCUT2D eigenvalue weighted by Gasteiger charge is -2.45. The highest BCUT2D eigenvalue weighted by atomic mass is 28.4. The fourth-order valence-electron chi connectivity index (χ4n) is 4.42. The lowest BCUT2D eigenvalue weighted by atomic mass is 10.1. The Morgan fingerprint density at radius 1 is 0.818 bits per heavy atom. The molecule has 3 aromatic carbocycles. The van der Waals surface area contributed by atoms with Gasteiger partial charge in [0.25, 0.3) is 8.32 Å². The monoisotopic (exact) mass is 456 g/mol. The Hall–Kier alpha value is -2.75. The van der Waals surface area contributed by atoms with Gasteiger partial charge in [0.1, 0.15) is 6.29 Å². The molecule has 0 aliphatic rings. The normalized spacial score (nSPS) is 14.2. The van der Waals surface area contributed by atoms with Crippen molar-refractivity contribution in [2.75, 3.05) is 0 Å². The van der Waals surface area contributed by atoms with E-state index in [4.69, 9.17) is 4.43 Å². The van der Waals surface area contributed by atoms with Crippen LogP contribution in [0.2, 0.25) is 5.04 Å². The number of hydrogen-bond donors (Lipinski definition) is 0. The van der Waals surface area contributed by atoms with Crippen molar-refractivity contribution in [2.45, 2.75) is 51.7 Å². The van der Waals surface area contributed by atoms with E-state index in [-0.39, 0.29) is 17.1 Å². The van der Waals surface area contributed by atoms with E-state index in [1.165, 1.54) is 15.9 Å². The zero-order chi connectivity index (χ0) is 23.7. The number of carbonyl (C=O) groups is 1. The van der Waals surface area contributed by atoms with Crippen molar-refractivity contribution in [2.24, 2.45) is 5.92 Å². The third-order valence-corrected chi connectivity index (χ3v) is 11.3. The predicted octanol–water partition coefficient (Wildman–Crippen LogP) is 5.96. The Kier molecular flexibility index (Phi) is 8.59. The molecule has 0 N–H and O–H groups in total. The smallest absolute Gasteiger partial charge is 0.261 e. The van der Waals surface area contributed by atoms with E-state index in [9.17, 15) is 4.79 Å². The predicted molar refractivity (Wildman–Crippen MR) is 142 cm³/mol. The average molecular weight is 457 g/mol. The molecule has 0 saturated carbocycles. The first-order chi connectivity index (χ1) is 15.9. The number of allylic oxidation sites excluding steroid dienone is 1. The van der Waals surface area contributed by atoms with Crippen molar-refractivity contribution in [3.8, 4) is 0 Å². The molecule has 0 aliphatic carbocycles. The summed E-state index contributed by atoms with van der Waals surface area (Å²) >= 11 is 0. The molecule has 0 fully saturated rings. The van der Waals surface area contributed by atoms with Gasteiger partial charge in [-0.15, -0.1) is 0 Å². The molecule has 0 aliphatic heterocycles. The Morgan fingerprint density at radius 2 is 1.30 bits per heavy atom. The molecule has 3 heteroatoms. The van der Waals surface area contributed by atoms with Crippen LogP contribution in [0.3, 0.4) is 0 Å². The second-order valence-corrected chi connectivity index (χ2v) is 13.9. The van der Waals surface area contributed by atoms with Crippen LogP contribution in [0.4, 0.5) is 0 Å². The highest BCUT2D eigenvalue weighted by Gasteiger charge is 2.51. The molecular formula is C30H36O2Si. The molecule has 0 amide bonds. The summed E-state index contributed by atoms with van der Waals surface area (Å²) < 4.78 is 7.20. The maximum atomic E-state index is 11.9. The molecule has 172 valence electrons. The van der Waals surface area contributed by atoms with Gasteiger partial charge in [-0.3, -0.25) is 0 Å². The van der Waals surface area contributed by atoms with Gasteiger partial charge in [-0.05, 0) is 33.8 Å². The molecule has 0 heterocycles. The number of aryl methyl sites for hydroxylation is 1. The molecule has 0 unspecified atom stereocenters. The van der Waals surface area contributed by atoms with E-state index in [1.54, 1.807) is 0 Å². The van der Waals surface area contributed by atoms with E-state index in [0.29, 0.717) is 0 Å². The van der Waals surface area contributed by atoms with Crippen LogP contribution in [0.15, 0.2) is 103 Å². The van der Waals surface area contributed by atoms with Gasteiger partial charge >= 0.3 is 0 Å². The summed E-state index contributed by atoms with van der Waals surface area (Å²) in [7, 11) is -2.73. The van der Waals surface area contributed by atoms with Crippen LogP contribution in [0, 0.1) is 5.92 Å². The number of benzene rings is 3. The maximum absolute atomic E-state index is 11.9. The quantitative estimate of drug-likeness (QED) is 0.214. The van der Waals surface area contributed by atoms with Crippen LogP contribution in [-0.4, -0.2) is 20.7 Å². The van der Waals surface area contributed by atoms with Crippen LogP contribution in [0.1, 0.15) is 39.7 Å². The van der Waals surface area contributed by atoms with E-state index in [2.05, 4.69) is 106 Å². The Labute approximate surface area is 200 Å². The molecule has 0 aromatic heterocycles. The van der Waals surface area contributed by atoms with Crippen molar-refractivity contribution in [3.05, 3.63) is 109 Å². The molecule has 33 heavy (non-hydrogen) atoms. The third kappa shape index (κ3) is 5.98. The summed E-state index contributed by atoms with van der Waals surface area (Å²) in [6, 6.07) is 31.7. The summed E-state index contributed by atoms with van der Waals surface area (Å²) in [5, 5.41) is 2.32. The third-order valence-electron chi connectivity index (χ3n) is 6.23. The molecule has 0 saturated heterocycles. The highest BCUT2D eigenvalue weighted by molar-refractivity contribution is 6.99. The van der Waals surface area contributed by atoms with Gasteiger partial charge in [0.15, 0.2) is 0 Å². The molecule has 2 atom stereocenters. The molecule has 0 spiro atoms. The van der Waals surface area contributed by atoms with E-state index in [0.717, 1.165) is 19.1 Å². The van der Waals surface area contributed by atoms with Gasteiger partial charge in [-0.1, -0.05) is 131 Å². The highest BCUT2D eigenvalue weighted by Crippen LogP contribution is 2.38. The summed E-state index contributed by atoms with van der Waals surface area (Å²) in [5.41, 5.74) is 1.31. The summed E-state index contributed by atoms with van der Waals surface area (Å²) in [6.45, 7) is 8.75. The fourth-order valence-corrected chi connectivity index (χ4v) is 9.14. The number of aldehydes is 1. The van der Waals surface area contributed by atoms with Gasteiger partial charge in [0, 0.05) is 5.92 Å². The zero-order valence-electron chi connectivity index (χ0n) is 20.3. The molecular weight excluding hydrogens is 420 g/mol. The van der Waals surface area contributed by atoms with Crippen LogP contribution in [0.5, 0.6) is 0 Å². The first-order valence-corrected chi connectivity index (χ1v) is 13.7. The van der Waals surface area contributed by atoms with Gasteiger partial charge in [-0.25, -0.2) is 0 Å². The summed E-state index contributed by atoms with van der Waals surface area (Å²) in [4.78, 5) is 11.9. The van der Waals surface area contributed by atoms with Crippen LogP contribution in [0.25, 0.3) is 0 Å². The second kappa shape index (κ2) is 11.4. The van der Waals surface area contributed by atoms with Crippen molar-refractivity contribution >= 4 is 25.0 Å². The Bertz CT molecular complexity index is 968. The Balaban J connectivity index is 1.99. The molecule has 3 rings (SSSR count). The standard InChI is InChI=1S/C30H36O2Si/c1-25(24-31)29(23-15-14-18-26-16-8-5-9-17-26)32-33(30(2,3)4,27-19-10-6-11-20-27)28-21-12-7-13-22-28/h5-13,15-17,19-25,29H,14,18H2,1-4H3/b23-15+/t25-,29+/m1/s1. The van der Waals surface area contributed by atoms with Crippen molar-refractivity contribution in [1.29, 1.82) is 0 Å². The van der Waals surface area contributed by atoms with Gasteiger partial charge < -0.3 is 9.22 Å². The minimum atomic E-state index is -2.73. The van der Waals surface area contributed by atoms with Crippen molar-refractivity contribution in [1.82, 2.24) is 0 Å². The van der Waals surface area contributed by atoms with Crippen LogP contribution >= 0.6 is 0 Å². The fraction of sp³-hybridized carbons (Fsp3) is 0.300. The van der Waals surface area contributed by atoms with Gasteiger partial charge in [-0.2, -0.15) is 0 Å². The minimum absolute atomic E-state index is 0.131. The van der Waals surface area contributed by atoms with Crippen LogP contribution < -0.4 is 10.4 Å². The molecule has 3 aromatic rings. The number of carbonyl (C=O) groups excluding carboxylic acids is 1. The molecule has 0 bridgehead atoms. The lowest BCUT2D eigenvalue weighted by Crippen LogP contribution is -2.68. The lowest BCUT2D eigenvalue weighted by molar-refractivity contribution is -0.112. The van der Waals surface area contributed by atoms with Crippen molar-refractivity contribution < 1.29 is 9.22 Å².